The predicted octanol–water partition coefficient (Wildman–Crippen LogP) is 5.47. The van der Waals surface area contributed by atoms with Crippen LogP contribution in [0.5, 0.6) is 0 Å². The van der Waals surface area contributed by atoms with E-state index in [1.165, 1.54) is 12.7 Å². The highest BCUT2D eigenvalue weighted by atomic mass is 16.5. The second-order valence-corrected chi connectivity index (χ2v) is 15.0. The minimum atomic E-state index is -0.573. The van der Waals surface area contributed by atoms with Crippen molar-refractivity contribution >= 4 is 11.8 Å². The van der Waals surface area contributed by atoms with Crippen molar-refractivity contribution in [2.45, 2.75) is 105 Å². The summed E-state index contributed by atoms with van der Waals surface area (Å²) in [7, 11) is 1.49. The number of ether oxygens (including phenoxy) is 1. The van der Waals surface area contributed by atoms with Gasteiger partial charge in [-0.05, 0) is 104 Å². The number of rotatable bonds is 2. The van der Waals surface area contributed by atoms with Crippen LogP contribution >= 0.6 is 0 Å². The number of carbonyl (C=O) groups is 2. The van der Waals surface area contributed by atoms with E-state index in [4.69, 9.17) is 4.74 Å². The van der Waals surface area contributed by atoms with Crippen LogP contribution in [0.15, 0.2) is 11.6 Å². The maximum Gasteiger partial charge on any atom is 0.311 e. The van der Waals surface area contributed by atoms with Gasteiger partial charge in [-0.3, -0.25) is 9.59 Å². The Balaban J connectivity index is 1.61. The Morgan fingerprint density at radius 1 is 1.00 bits per heavy atom. The highest BCUT2D eigenvalue weighted by molar-refractivity contribution is 5.95. The Hall–Kier alpha value is -1.20. The molecule has 4 fully saturated rings. The molecule has 0 aliphatic heterocycles. The first kappa shape index (κ1) is 26.4. The zero-order valence-electron chi connectivity index (χ0n) is 23.6. The van der Waals surface area contributed by atoms with E-state index in [-0.39, 0.29) is 57.8 Å². The van der Waals surface area contributed by atoms with Gasteiger partial charge in [0.25, 0.3) is 0 Å². The SMILES string of the molecule is COC(=O)C1(C)CCC2(C)CCC3(C)C(=CC(=O)C4C5(C)CCC(O)C(C)(CO)C5CCC43C)C2C1. The number of carbonyl (C=O) groups excluding carboxylic acids is 2. The van der Waals surface area contributed by atoms with Crippen LogP contribution in [-0.2, 0) is 14.3 Å². The molecule has 2 N–H and O–H groups in total. The van der Waals surface area contributed by atoms with Gasteiger partial charge in [0.15, 0.2) is 5.78 Å². The lowest BCUT2D eigenvalue weighted by atomic mass is 9.33. The molecule has 36 heavy (non-hydrogen) atoms. The summed E-state index contributed by atoms with van der Waals surface area (Å²) in [5.41, 5.74) is -0.227. The number of fused-ring (bicyclic) bond motifs is 7. The van der Waals surface area contributed by atoms with Crippen LogP contribution in [0.1, 0.15) is 99.3 Å². The fraction of sp³-hybridized carbons (Fsp3) is 0.871. The van der Waals surface area contributed by atoms with E-state index in [1.54, 1.807) is 0 Å². The van der Waals surface area contributed by atoms with E-state index < -0.39 is 16.9 Å². The summed E-state index contributed by atoms with van der Waals surface area (Å²) in [6.07, 6.45) is 9.56. The third kappa shape index (κ3) is 3.08. The van der Waals surface area contributed by atoms with Crippen molar-refractivity contribution in [2.75, 3.05) is 13.7 Å². The molecule has 0 amide bonds. The predicted molar refractivity (Wildman–Crippen MR) is 139 cm³/mol. The highest BCUT2D eigenvalue weighted by Crippen LogP contribution is 2.75. The van der Waals surface area contributed by atoms with E-state index in [1.807, 2.05) is 13.0 Å². The van der Waals surface area contributed by atoms with Gasteiger partial charge in [-0.1, -0.05) is 40.2 Å². The number of aliphatic hydroxyl groups is 2. The van der Waals surface area contributed by atoms with Crippen LogP contribution in [0.2, 0.25) is 0 Å². The van der Waals surface area contributed by atoms with E-state index in [9.17, 15) is 19.8 Å². The lowest BCUT2D eigenvalue weighted by molar-refractivity contribution is -0.212. The smallest absolute Gasteiger partial charge is 0.311 e. The van der Waals surface area contributed by atoms with Gasteiger partial charge in [0.1, 0.15) is 0 Å². The normalized spacial score (nSPS) is 54.4. The third-order valence-electron chi connectivity index (χ3n) is 13.4. The number of hydrogen-bond acceptors (Lipinski definition) is 5. The first-order chi connectivity index (χ1) is 16.7. The average Bonchev–Trinajstić information content (AvgIpc) is 2.83. The molecule has 0 saturated heterocycles. The zero-order valence-corrected chi connectivity index (χ0v) is 23.6. The molecule has 0 heterocycles. The summed E-state index contributed by atoms with van der Waals surface area (Å²) < 4.78 is 5.24. The van der Waals surface area contributed by atoms with Gasteiger partial charge in [0.2, 0.25) is 0 Å². The quantitative estimate of drug-likeness (QED) is 0.491. The van der Waals surface area contributed by atoms with Gasteiger partial charge in [-0.2, -0.15) is 0 Å². The van der Waals surface area contributed by atoms with Crippen LogP contribution in [0.4, 0.5) is 0 Å². The summed E-state index contributed by atoms with van der Waals surface area (Å²) in [6.45, 7) is 13.5. The largest absolute Gasteiger partial charge is 0.469 e. The highest BCUT2D eigenvalue weighted by Gasteiger charge is 2.70. The topological polar surface area (TPSA) is 83.8 Å². The number of ketones is 1. The van der Waals surface area contributed by atoms with E-state index in [0.717, 1.165) is 51.4 Å². The molecule has 0 aromatic heterocycles. The fourth-order valence-corrected chi connectivity index (χ4v) is 10.6. The summed E-state index contributed by atoms with van der Waals surface area (Å²) >= 11 is 0. The van der Waals surface area contributed by atoms with Gasteiger partial charge in [-0.25, -0.2) is 0 Å². The van der Waals surface area contributed by atoms with Crippen molar-refractivity contribution in [1.29, 1.82) is 0 Å². The number of allylic oxidation sites excluding steroid dienone is 2. The average molecular weight is 501 g/mol. The number of aliphatic hydroxyl groups excluding tert-OH is 2. The van der Waals surface area contributed by atoms with Gasteiger partial charge in [0.05, 0.1) is 25.2 Å². The molecule has 0 bridgehead atoms. The van der Waals surface area contributed by atoms with E-state index in [0.29, 0.717) is 6.42 Å². The van der Waals surface area contributed by atoms with Crippen molar-refractivity contribution in [1.82, 2.24) is 0 Å². The minimum absolute atomic E-state index is 0.0447. The lowest BCUT2D eigenvalue weighted by Crippen LogP contribution is -2.67. The molecule has 5 aliphatic carbocycles. The molecular formula is C31H48O5. The summed E-state index contributed by atoms with van der Waals surface area (Å²) in [6, 6.07) is 0. The van der Waals surface area contributed by atoms with Crippen LogP contribution in [-0.4, -0.2) is 41.8 Å². The van der Waals surface area contributed by atoms with Gasteiger partial charge >= 0.3 is 5.97 Å². The Morgan fingerprint density at radius 3 is 2.31 bits per heavy atom. The molecule has 0 aromatic rings. The van der Waals surface area contributed by atoms with Crippen LogP contribution in [0.25, 0.3) is 0 Å². The van der Waals surface area contributed by atoms with Gasteiger partial charge in [0, 0.05) is 11.3 Å². The second-order valence-electron chi connectivity index (χ2n) is 15.0. The molecule has 5 heteroatoms. The maximum atomic E-state index is 14.3. The minimum Gasteiger partial charge on any atom is -0.469 e. The van der Waals surface area contributed by atoms with Gasteiger partial charge in [-0.15, -0.1) is 0 Å². The molecule has 202 valence electrons. The van der Waals surface area contributed by atoms with E-state index in [2.05, 4.69) is 34.6 Å². The van der Waals surface area contributed by atoms with Crippen LogP contribution < -0.4 is 0 Å². The first-order valence-electron chi connectivity index (χ1n) is 14.3. The van der Waals surface area contributed by atoms with Crippen LogP contribution in [0.3, 0.4) is 0 Å². The Kier molecular flexibility index (Phi) is 5.80. The Morgan fingerprint density at radius 2 is 1.67 bits per heavy atom. The Labute approximate surface area is 217 Å². The molecule has 10 unspecified atom stereocenters. The fourth-order valence-electron chi connectivity index (χ4n) is 10.6. The standard InChI is InChI=1S/C31H48O5/c1-26-12-13-27(2,25(35)36-7)17-20(26)19-16-21(33)24-28(3)10-9-23(34)29(4,18-32)22(28)8-11-31(24,6)30(19,5)15-14-26/h16,20,22-24,32,34H,8-15,17-18H2,1-7H3. The van der Waals surface area contributed by atoms with Crippen molar-refractivity contribution in [2.24, 2.45) is 50.2 Å². The second kappa shape index (κ2) is 7.91. The monoisotopic (exact) mass is 500 g/mol. The first-order valence-corrected chi connectivity index (χ1v) is 14.3. The molecular weight excluding hydrogens is 452 g/mol. The van der Waals surface area contributed by atoms with Gasteiger partial charge < -0.3 is 14.9 Å². The van der Waals surface area contributed by atoms with Crippen molar-refractivity contribution in [3.63, 3.8) is 0 Å². The Bertz CT molecular complexity index is 1000. The molecule has 0 radical (unpaired) electrons. The van der Waals surface area contributed by atoms with E-state index >= 15 is 0 Å². The number of esters is 1. The summed E-state index contributed by atoms with van der Waals surface area (Å²) in [5, 5.41) is 21.3. The lowest BCUT2D eigenvalue weighted by Gasteiger charge is -2.70. The summed E-state index contributed by atoms with van der Waals surface area (Å²) in [5.74, 6) is 0.322. The summed E-state index contributed by atoms with van der Waals surface area (Å²) in [4.78, 5) is 27.1. The third-order valence-corrected chi connectivity index (χ3v) is 13.4. The van der Waals surface area contributed by atoms with Crippen molar-refractivity contribution < 1.29 is 24.5 Å². The van der Waals surface area contributed by atoms with Crippen LogP contribution in [0, 0.1) is 50.2 Å². The van der Waals surface area contributed by atoms with Crippen molar-refractivity contribution in [3.05, 3.63) is 11.6 Å². The molecule has 5 nitrogen and oxygen atoms in total. The molecule has 5 aliphatic rings. The number of hydrogen-bond donors (Lipinski definition) is 2. The number of methoxy groups -OCH3 is 1. The maximum absolute atomic E-state index is 14.3. The molecule has 0 spiro atoms. The van der Waals surface area contributed by atoms with Crippen molar-refractivity contribution in [3.8, 4) is 0 Å². The molecule has 10 atom stereocenters. The molecule has 4 saturated carbocycles. The zero-order chi connectivity index (χ0) is 26.5. The molecule has 0 aromatic carbocycles. The molecule has 5 rings (SSSR count).